The van der Waals surface area contributed by atoms with Crippen LogP contribution in [0.4, 0.5) is 5.69 Å². The van der Waals surface area contributed by atoms with Crippen molar-refractivity contribution in [3.8, 4) is 0 Å². The van der Waals surface area contributed by atoms with Crippen LogP contribution in [0.1, 0.15) is 67.4 Å². The quantitative estimate of drug-likeness (QED) is 0.0918. The summed E-state index contributed by atoms with van der Waals surface area (Å²) in [7, 11) is -1.28. The van der Waals surface area contributed by atoms with Gasteiger partial charge in [0.05, 0.1) is 27.3 Å². The van der Waals surface area contributed by atoms with Gasteiger partial charge in [0.25, 0.3) is 0 Å². The molecule has 2 aliphatic rings. The van der Waals surface area contributed by atoms with E-state index >= 15 is 0 Å². The largest absolute Gasteiger partial charge is 0.459 e. The number of carbonyl (C=O) groups is 2. The lowest BCUT2D eigenvalue weighted by Gasteiger charge is -2.41. The van der Waals surface area contributed by atoms with E-state index < -0.39 is 13.5 Å². The van der Waals surface area contributed by atoms with Gasteiger partial charge in [0.1, 0.15) is 12.8 Å². The van der Waals surface area contributed by atoms with Gasteiger partial charge in [-0.15, -0.1) is 0 Å². The van der Waals surface area contributed by atoms with Crippen LogP contribution in [-0.4, -0.2) is 79.2 Å². The summed E-state index contributed by atoms with van der Waals surface area (Å²) in [5.41, 5.74) is 2.47. The fourth-order valence-corrected chi connectivity index (χ4v) is 7.53. The highest BCUT2D eigenvalue weighted by molar-refractivity contribution is 6.76. The van der Waals surface area contributed by atoms with Gasteiger partial charge in [-0.3, -0.25) is 14.3 Å². The van der Waals surface area contributed by atoms with E-state index in [2.05, 4.69) is 49.4 Å². The number of halogens is 1. The number of esters is 1. The Balaban J connectivity index is 1.39. The summed E-state index contributed by atoms with van der Waals surface area (Å²) in [4.78, 5) is 36.7. The zero-order chi connectivity index (χ0) is 32.4. The van der Waals surface area contributed by atoms with E-state index in [9.17, 15) is 9.59 Å². The van der Waals surface area contributed by atoms with Gasteiger partial charge in [-0.2, -0.15) is 0 Å². The van der Waals surface area contributed by atoms with E-state index in [1.54, 1.807) is 12.1 Å². The summed E-state index contributed by atoms with van der Waals surface area (Å²) in [5, 5.41) is 0.648. The zero-order valence-corrected chi connectivity index (χ0v) is 29.5. The van der Waals surface area contributed by atoms with E-state index in [0.29, 0.717) is 60.3 Å². The number of piperazine rings is 1. The summed E-state index contributed by atoms with van der Waals surface area (Å²) in [6.45, 7) is 18.3. The third-order valence-corrected chi connectivity index (χ3v) is 11.6. The number of nitrogens with zero attached hydrogens (tertiary/aromatic N) is 4. The summed E-state index contributed by atoms with van der Waals surface area (Å²) < 4.78 is 14.0. The second-order valence-corrected chi connectivity index (χ2v) is 20.3. The number of ketones is 1. The topological polar surface area (TPSA) is 76.9 Å². The van der Waals surface area contributed by atoms with Gasteiger partial charge in [0.15, 0.2) is 5.82 Å². The van der Waals surface area contributed by atoms with Gasteiger partial charge in [0.2, 0.25) is 5.78 Å². The first kappa shape index (κ1) is 33.6. The predicted molar refractivity (Wildman–Crippen MR) is 184 cm³/mol. The molecule has 3 aromatic rings. The van der Waals surface area contributed by atoms with Crippen LogP contribution in [0.2, 0.25) is 30.7 Å². The minimum Gasteiger partial charge on any atom is -0.459 e. The normalized spacial score (nSPS) is 23.0. The van der Waals surface area contributed by atoms with Gasteiger partial charge in [-0.05, 0) is 69.5 Å². The molecule has 2 heterocycles. The van der Waals surface area contributed by atoms with E-state index in [0.717, 1.165) is 43.4 Å². The first-order chi connectivity index (χ1) is 21.4. The molecule has 45 heavy (non-hydrogen) atoms. The average Bonchev–Trinajstić information content (AvgIpc) is 3.36. The Morgan fingerprint density at radius 3 is 2.44 bits per heavy atom. The third kappa shape index (κ3) is 7.81. The monoisotopic (exact) mass is 652 g/mol. The summed E-state index contributed by atoms with van der Waals surface area (Å²) in [5.74, 6) is 0.103. The van der Waals surface area contributed by atoms with Crippen molar-refractivity contribution in [3.05, 3.63) is 58.9 Å². The molecule has 1 saturated heterocycles. The molecular weight excluding hydrogens is 604 g/mol. The molecule has 10 heteroatoms. The van der Waals surface area contributed by atoms with Gasteiger partial charge in [0, 0.05) is 45.8 Å². The molecule has 0 amide bonds. The maximum absolute atomic E-state index is 14.4. The highest BCUT2D eigenvalue weighted by Gasteiger charge is 2.41. The fraction of sp³-hybridized carbons (Fsp3) is 0.571. The highest BCUT2D eigenvalue weighted by atomic mass is 35.5. The first-order valence-electron chi connectivity index (χ1n) is 16.5. The van der Waals surface area contributed by atoms with Crippen molar-refractivity contribution in [2.45, 2.75) is 91.0 Å². The lowest BCUT2D eigenvalue weighted by molar-refractivity contribution is 0.00849. The Morgan fingerprint density at radius 1 is 1.09 bits per heavy atom. The molecule has 1 aromatic heterocycles. The number of rotatable bonds is 11. The number of carbonyl (C=O) groups excluding carboxylic acids is 2. The van der Waals surface area contributed by atoms with Crippen molar-refractivity contribution in [2.75, 3.05) is 37.7 Å². The Morgan fingerprint density at radius 2 is 1.80 bits per heavy atom. The van der Waals surface area contributed by atoms with Crippen molar-refractivity contribution in [3.63, 3.8) is 0 Å². The van der Waals surface area contributed by atoms with Crippen molar-refractivity contribution < 1.29 is 19.1 Å². The predicted octanol–water partition coefficient (Wildman–Crippen LogP) is 7.52. The molecule has 1 atom stereocenters. The van der Waals surface area contributed by atoms with Gasteiger partial charge in [-0.25, -0.2) is 9.78 Å². The maximum atomic E-state index is 14.4. The SMILES string of the molecule is CCN1CCN(c2cc3c(cc2Cl)nc(C(=O)C2(C)CCC(OC(=O)c4ccccc4)CC2)n3COCC[Si](C)(C)C)C(C)C1. The standard InChI is InChI=1S/C35H49ClN4O4Si/c1-7-38-17-18-39(25(2)23-38)30-22-31-29(21-28(30)36)37-33(40(31)24-43-19-20-45(4,5)6)32(41)35(3)15-13-27(14-16-35)44-34(42)26-11-9-8-10-12-26/h8-12,21-22,25,27H,7,13-20,23-24H2,1-6H3. The molecule has 1 aliphatic carbocycles. The Kier molecular flexibility index (Phi) is 10.4. The van der Waals surface area contributed by atoms with Crippen LogP contribution in [0.25, 0.3) is 11.0 Å². The molecule has 1 saturated carbocycles. The van der Waals surface area contributed by atoms with Crippen molar-refractivity contribution in [1.82, 2.24) is 14.5 Å². The number of hydrogen-bond acceptors (Lipinski definition) is 7. The summed E-state index contributed by atoms with van der Waals surface area (Å²) in [6.07, 6.45) is 2.28. The molecule has 0 bridgehead atoms. The number of ether oxygens (including phenoxy) is 2. The number of aromatic nitrogens is 2. The maximum Gasteiger partial charge on any atom is 0.338 e. The van der Waals surface area contributed by atoms with Crippen molar-refractivity contribution in [1.29, 1.82) is 0 Å². The lowest BCUT2D eigenvalue weighted by Crippen LogP contribution is -2.51. The molecule has 1 unspecified atom stereocenters. The molecule has 1 aliphatic heterocycles. The minimum atomic E-state index is -1.28. The second kappa shape index (κ2) is 14.0. The molecular formula is C35H49ClN4O4Si. The van der Waals surface area contributed by atoms with Crippen molar-refractivity contribution in [2.24, 2.45) is 5.41 Å². The van der Waals surface area contributed by atoms with E-state index in [4.69, 9.17) is 26.1 Å². The van der Waals surface area contributed by atoms with E-state index in [1.165, 1.54) is 0 Å². The second-order valence-electron chi connectivity index (χ2n) is 14.3. The molecule has 0 N–H and O–H groups in total. The van der Waals surface area contributed by atoms with E-state index in [1.807, 2.05) is 35.8 Å². The molecule has 8 nitrogen and oxygen atoms in total. The smallest absolute Gasteiger partial charge is 0.338 e. The Bertz CT molecular complexity index is 1500. The Hall–Kier alpha value is -2.72. The number of fused-ring (bicyclic) bond motifs is 1. The molecule has 2 aromatic carbocycles. The van der Waals surface area contributed by atoms with Crippen LogP contribution in [0, 0.1) is 5.41 Å². The zero-order valence-electron chi connectivity index (χ0n) is 27.8. The van der Waals surface area contributed by atoms with Crippen LogP contribution >= 0.6 is 11.6 Å². The van der Waals surface area contributed by atoms with E-state index in [-0.39, 0.29) is 24.6 Å². The van der Waals surface area contributed by atoms with Crippen LogP contribution < -0.4 is 4.90 Å². The van der Waals surface area contributed by atoms with Gasteiger partial charge < -0.3 is 14.4 Å². The first-order valence-corrected chi connectivity index (χ1v) is 20.5. The van der Waals surface area contributed by atoms with Crippen LogP contribution in [0.3, 0.4) is 0 Å². The summed E-state index contributed by atoms with van der Waals surface area (Å²) >= 11 is 6.91. The minimum absolute atomic E-state index is 0.00272. The van der Waals surface area contributed by atoms with Crippen LogP contribution in [-0.2, 0) is 16.2 Å². The molecule has 0 radical (unpaired) electrons. The number of imidazole rings is 1. The molecule has 5 rings (SSSR count). The Labute approximate surface area is 274 Å². The third-order valence-electron chi connectivity index (χ3n) is 9.57. The number of benzene rings is 2. The van der Waals surface area contributed by atoms with Gasteiger partial charge >= 0.3 is 5.97 Å². The lowest BCUT2D eigenvalue weighted by atomic mass is 9.71. The number of hydrogen-bond donors (Lipinski definition) is 0. The number of anilines is 1. The number of Topliss-reactive ketones (excluding diaryl/α,β-unsaturated/α-hetero) is 1. The van der Waals surface area contributed by atoms with Crippen molar-refractivity contribution >= 4 is 48.1 Å². The number of likely N-dealkylation sites (N-methyl/N-ethyl adjacent to an activating group) is 1. The highest BCUT2D eigenvalue weighted by Crippen LogP contribution is 2.41. The average molecular weight is 653 g/mol. The van der Waals surface area contributed by atoms with Crippen LogP contribution in [0.5, 0.6) is 0 Å². The molecule has 2 fully saturated rings. The summed E-state index contributed by atoms with van der Waals surface area (Å²) in [6, 6.07) is 14.4. The molecule has 244 valence electrons. The van der Waals surface area contributed by atoms with Crippen LogP contribution in [0.15, 0.2) is 42.5 Å². The fourth-order valence-electron chi connectivity index (χ4n) is 6.51. The van der Waals surface area contributed by atoms with Gasteiger partial charge in [-0.1, -0.05) is 63.3 Å². The molecule has 0 spiro atoms.